The molecule has 1 aromatic carbocycles. The van der Waals surface area contributed by atoms with Gasteiger partial charge in [-0.1, -0.05) is 0 Å². The monoisotopic (exact) mass is 293 g/mol. The number of rotatable bonds is 3. The van der Waals surface area contributed by atoms with Gasteiger partial charge >= 0.3 is 0 Å². The number of halogens is 1. The maximum absolute atomic E-state index is 13.1. The molecule has 1 N–H and O–H groups in total. The van der Waals surface area contributed by atoms with Crippen LogP contribution in [0, 0.1) is 5.82 Å². The molecule has 1 aromatic rings. The number of fused-ring (bicyclic) bond motifs is 1. The third-order valence-electron chi connectivity index (χ3n) is 3.70. The van der Waals surface area contributed by atoms with Gasteiger partial charge in [-0.3, -0.25) is 9.59 Å². The molecule has 2 unspecified atom stereocenters. The van der Waals surface area contributed by atoms with E-state index in [1.165, 1.54) is 12.1 Å². The van der Waals surface area contributed by atoms with Crippen LogP contribution in [0.25, 0.3) is 0 Å². The van der Waals surface area contributed by atoms with Gasteiger partial charge in [0.05, 0.1) is 18.1 Å². The second kappa shape index (κ2) is 5.81. The lowest BCUT2D eigenvalue weighted by atomic mass is 10.00. The van der Waals surface area contributed by atoms with Crippen molar-refractivity contribution in [2.75, 3.05) is 13.2 Å². The normalized spacial score (nSPS) is 24.3. The largest absolute Gasteiger partial charge is 0.479 e. The molecule has 21 heavy (non-hydrogen) atoms. The first kappa shape index (κ1) is 14.0. The van der Waals surface area contributed by atoms with Crippen LogP contribution in [-0.4, -0.2) is 37.0 Å². The van der Waals surface area contributed by atoms with Crippen LogP contribution in [0.15, 0.2) is 18.2 Å². The Morgan fingerprint density at radius 2 is 2.29 bits per heavy atom. The molecule has 1 amide bonds. The molecule has 1 saturated heterocycles. The third kappa shape index (κ3) is 3.05. The van der Waals surface area contributed by atoms with Crippen LogP contribution in [0.5, 0.6) is 5.75 Å². The van der Waals surface area contributed by atoms with Crippen LogP contribution >= 0.6 is 0 Å². The molecule has 0 aliphatic carbocycles. The van der Waals surface area contributed by atoms with Crippen LogP contribution in [0.4, 0.5) is 4.39 Å². The van der Waals surface area contributed by atoms with E-state index in [4.69, 9.17) is 9.47 Å². The maximum atomic E-state index is 13.1. The molecule has 0 bridgehead atoms. The SMILES string of the molecule is O=C1CC(C(=O)NCC2CCCO2)Oc2ccc(F)cc21. The van der Waals surface area contributed by atoms with Gasteiger partial charge in [-0.2, -0.15) is 0 Å². The van der Waals surface area contributed by atoms with E-state index in [0.717, 1.165) is 25.5 Å². The number of carbonyl (C=O) groups is 2. The predicted molar refractivity (Wildman–Crippen MR) is 71.7 cm³/mol. The van der Waals surface area contributed by atoms with Crippen molar-refractivity contribution < 1.29 is 23.5 Å². The summed E-state index contributed by atoms with van der Waals surface area (Å²) in [5.41, 5.74) is 0.193. The molecule has 0 aromatic heterocycles. The van der Waals surface area contributed by atoms with Crippen molar-refractivity contribution in [2.45, 2.75) is 31.5 Å². The van der Waals surface area contributed by atoms with E-state index in [2.05, 4.69) is 5.32 Å². The quantitative estimate of drug-likeness (QED) is 0.916. The molecule has 2 aliphatic rings. The minimum absolute atomic E-state index is 0.0367. The Labute approximate surface area is 121 Å². The minimum Gasteiger partial charge on any atom is -0.479 e. The molecule has 0 radical (unpaired) electrons. The van der Waals surface area contributed by atoms with Gasteiger partial charge in [0.1, 0.15) is 11.6 Å². The Morgan fingerprint density at radius 1 is 1.43 bits per heavy atom. The van der Waals surface area contributed by atoms with Crippen molar-refractivity contribution >= 4 is 11.7 Å². The first-order valence-electron chi connectivity index (χ1n) is 7.02. The van der Waals surface area contributed by atoms with E-state index in [1.807, 2.05) is 0 Å². The first-order valence-corrected chi connectivity index (χ1v) is 7.02. The predicted octanol–water partition coefficient (Wildman–Crippen LogP) is 1.45. The highest BCUT2D eigenvalue weighted by molar-refractivity contribution is 6.03. The van der Waals surface area contributed by atoms with Gasteiger partial charge in [0.2, 0.25) is 0 Å². The number of benzene rings is 1. The number of amides is 1. The number of nitrogens with one attached hydrogen (secondary N) is 1. The van der Waals surface area contributed by atoms with Gasteiger partial charge in [-0.15, -0.1) is 0 Å². The number of ketones is 1. The smallest absolute Gasteiger partial charge is 0.261 e. The number of hydrogen-bond acceptors (Lipinski definition) is 4. The zero-order valence-corrected chi connectivity index (χ0v) is 11.4. The number of hydrogen-bond donors (Lipinski definition) is 1. The Kier molecular flexibility index (Phi) is 3.88. The summed E-state index contributed by atoms with van der Waals surface area (Å²) < 4.78 is 24.0. The van der Waals surface area contributed by atoms with Crippen LogP contribution in [0.2, 0.25) is 0 Å². The van der Waals surface area contributed by atoms with Crippen LogP contribution in [0.3, 0.4) is 0 Å². The summed E-state index contributed by atoms with van der Waals surface area (Å²) >= 11 is 0. The average molecular weight is 293 g/mol. The van der Waals surface area contributed by atoms with Gasteiger partial charge in [0, 0.05) is 13.2 Å². The molecule has 2 aliphatic heterocycles. The number of carbonyl (C=O) groups excluding carboxylic acids is 2. The van der Waals surface area contributed by atoms with Gasteiger partial charge in [0.25, 0.3) is 5.91 Å². The lowest BCUT2D eigenvalue weighted by Gasteiger charge is -2.24. The fourth-order valence-corrected chi connectivity index (χ4v) is 2.58. The number of ether oxygens (including phenoxy) is 2. The van der Waals surface area contributed by atoms with Gasteiger partial charge in [-0.05, 0) is 31.0 Å². The van der Waals surface area contributed by atoms with E-state index < -0.39 is 11.9 Å². The molecule has 6 heteroatoms. The summed E-state index contributed by atoms with van der Waals surface area (Å²) in [6.07, 6.45) is 1.02. The second-order valence-corrected chi connectivity index (χ2v) is 5.25. The van der Waals surface area contributed by atoms with Crippen LogP contribution in [0.1, 0.15) is 29.6 Å². The summed E-state index contributed by atoms with van der Waals surface area (Å²) in [7, 11) is 0. The van der Waals surface area contributed by atoms with Gasteiger partial charge < -0.3 is 14.8 Å². The molecule has 2 heterocycles. The van der Waals surface area contributed by atoms with Crippen LogP contribution in [-0.2, 0) is 9.53 Å². The van der Waals surface area contributed by atoms with E-state index in [1.54, 1.807) is 0 Å². The van der Waals surface area contributed by atoms with Gasteiger partial charge in [-0.25, -0.2) is 4.39 Å². The third-order valence-corrected chi connectivity index (χ3v) is 3.70. The van der Waals surface area contributed by atoms with E-state index in [0.29, 0.717) is 6.54 Å². The Morgan fingerprint density at radius 3 is 3.05 bits per heavy atom. The standard InChI is InChI=1S/C15H16FNO4/c16-9-3-4-13-11(6-9)12(18)7-14(21-13)15(19)17-8-10-2-1-5-20-10/h3-4,6,10,14H,1-2,5,7-8H2,(H,17,19). The molecule has 112 valence electrons. The van der Waals surface area contributed by atoms with E-state index in [9.17, 15) is 14.0 Å². The highest BCUT2D eigenvalue weighted by atomic mass is 19.1. The van der Waals surface area contributed by atoms with Crippen molar-refractivity contribution in [3.05, 3.63) is 29.6 Å². The van der Waals surface area contributed by atoms with Crippen molar-refractivity contribution in [2.24, 2.45) is 0 Å². The second-order valence-electron chi connectivity index (χ2n) is 5.25. The highest BCUT2D eigenvalue weighted by Crippen LogP contribution is 2.28. The van der Waals surface area contributed by atoms with E-state index >= 15 is 0 Å². The highest BCUT2D eigenvalue weighted by Gasteiger charge is 2.32. The molecule has 2 atom stereocenters. The topological polar surface area (TPSA) is 64.6 Å². The maximum Gasteiger partial charge on any atom is 0.261 e. The number of Topliss-reactive ketones (excluding diaryl/α,β-unsaturated/α-hetero) is 1. The van der Waals surface area contributed by atoms with E-state index in [-0.39, 0.29) is 35.5 Å². The van der Waals surface area contributed by atoms with Crippen molar-refractivity contribution in [1.29, 1.82) is 0 Å². The van der Waals surface area contributed by atoms with Crippen molar-refractivity contribution in [1.82, 2.24) is 5.32 Å². The average Bonchev–Trinajstić information content (AvgIpc) is 2.98. The molecule has 1 fully saturated rings. The Balaban J connectivity index is 1.63. The first-order chi connectivity index (χ1) is 10.1. The zero-order valence-electron chi connectivity index (χ0n) is 11.4. The fourth-order valence-electron chi connectivity index (χ4n) is 2.58. The Hall–Kier alpha value is -1.95. The summed E-state index contributed by atoms with van der Waals surface area (Å²) in [6.45, 7) is 1.14. The van der Waals surface area contributed by atoms with Gasteiger partial charge in [0.15, 0.2) is 11.9 Å². The molecule has 3 rings (SSSR count). The van der Waals surface area contributed by atoms with Crippen LogP contribution < -0.4 is 10.1 Å². The molecular weight excluding hydrogens is 277 g/mol. The summed E-state index contributed by atoms with van der Waals surface area (Å²) in [6, 6.07) is 3.72. The minimum atomic E-state index is -0.864. The summed E-state index contributed by atoms with van der Waals surface area (Å²) in [5.74, 6) is -0.862. The fraction of sp³-hybridized carbons (Fsp3) is 0.467. The lowest BCUT2D eigenvalue weighted by Crippen LogP contribution is -2.44. The van der Waals surface area contributed by atoms with Crippen molar-refractivity contribution in [3.8, 4) is 5.75 Å². The molecule has 0 saturated carbocycles. The lowest BCUT2D eigenvalue weighted by molar-refractivity contribution is -0.128. The molecule has 0 spiro atoms. The molecule has 5 nitrogen and oxygen atoms in total. The zero-order chi connectivity index (χ0) is 14.8. The van der Waals surface area contributed by atoms with Crippen molar-refractivity contribution in [3.63, 3.8) is 0 Å². The summed E-state index contributed by atoms with van der Waals surface area (Å²) in [5, 5.41) is 2.74. The summed E-state index contributed by atoms with van der Waals surface area (Å²) in [4.78, 5) is 24.0. The Bertz CT molecular complexity index is 569. The molecular formula is C15H16FNO4.